The second-order valence-corrected chi connectivity index (χ2v) is 8.00. The molecule has 0 spiro atoms. The number of aromatic hydroxyl groups is 1. The van der Waals surface area contributed by atoms with Crippen molar-refractivity contribution < 1.29 is 14.7 Å². The number of carbonyl (C=O) groups is 2. The number of para-hydroxylation sites is 1. The van der Waals surface area contributed by atoms with Crippen LogP contribution in [0.3, 0.4) is 0 Å². The minimum atomic E-state index is -0.258. The average molecular weight is 447 g/mol. The zero-order valence-electron chi connectivity index (χ0n) is 18.4. The maximum Gasteiger partial charge on any atom is 0.196 e. The number of aliphatic imine (C=N–C) groups is 1. The number of benzene rings is 3. The van der Waals surface area contributed by atoms with E-state index < -0.39 is 0 Å². The number of ketones is 2. The Labute approximate surface area is 197 Å². The van der Waals surface area contributed by atoms with Crippen molar-refractivity contribution in [2.24, 2.45) is 4.99 Å². The third-order valence-corrected chi connectivity index (χ3v) is 5.83. The minimum Gasteiger partial charge on any atom is -0.507 e. The molecule has 0 atom stereocenters. The highest BCUT2D eigenvalue weighted by Crippen LogP contribution is 2.37. The molecule has 0 radical (unpaired) electrons. The van der Waals surface area contributed by atoms with Crippen LogP contribution >= 0.6 is 0 Å². The van der Waals surface area contributed by atoms with Crippen LogP contribution in [0, 0.1) is 0 Å². The molecule has 5 nitrogen and oxygen atoms in total. The maximum absolute atomic E-state index is 13.5. The normalized spacial score (nSPS) is 15.2. The van der Waals surface area contributed by atoms with Gasteiger partial charge in [0.1, 0.15) is 11.6 Å². The molecule has 0 aliphatic carbocycles. The number of nitrogens with zero attached hydrogens (tertiary/aromatic N) is 2. The van der Waals surface area contributed by atoms with E-state index in [1.54, 1.807) is 42.5 Å². The summed E-state index contributed by atoms with van der Waals surface area (Å²) < 4.78 is 0. The van der Waals surface area contributed by atoms with Crippen molar-refractivity contribution >= 4 is 29.2 Å². The number of phenols is 1. The summed E-state index contributed by atoms with van der Waals surface area (Å²) in [7, 11) is 0. The fraction of sp³-hybridized carbons (Fsp3) is 0.0690. The number of fused-ring (bicyclic) bond motifs is 1. The van der Waals surface area contributed by atoms with Crippen molar-refractivity contribution in [2.45, 2.75) is 0 Å². The zero-order valence-corrected chi connectivity index (χ0v) is 18.4. The monoisotopic (exact) mass is 446 g/mol. The lowest BCUT2D eigenvalue weighted by Crippen LogP contribution is -2.35. The molecule has 5 heteroatoms. The van der Waals surface area contributed by atoms with E-state index in [1.165, 1.54) is 6.08 Å². The van der Waals surface area contributed by atoms with Gasteiger partial charge in [-0.3, -0.25) is 14.6 Å². The van der Waals surface area contributed by atoms with E-state index in [0.717, 1.165) is 5.56 Å². The van der Waals surface area contributed by atoms with Gasteiger partial charge in [-0.05, 0) is 29.8 Å². The van der Waals surface area contributed by atoms with Crippen molar-refractivity contribution in [1.82, 2.24) is 4.90 Å². The highest BCUT2D eigenvalue weighted by atomic mass is 16.3. The Morgan fingerprint density at radius 1 is 0.882 bits per heavy atom. The summed E-state index contributed by atoms with van der Waals surface area (Å²) in [6, 6.07) is 25.4. The molecule has 0 fully saturated rings. The molecule has 0 unspecified atom stereocenters. The van der Waals surface area contributed by atoms with Crippen LogP contribution in [0.15, 0.2) is 113 Å². The summed E-state index contributed by atoms with van der Waals surface area (Å²) in [6.07, 6.45) is 4.87. The molecule has 166 valence electrons. The van der Waals surface area contributed by atoms with E-state index in [9.17, 15) is 14.7 Å². The van der Waals surface area contributed by atoms with Gasteiger partial charge < -0.3 is 10.0 Å². The summed E-state index contributed by atoms with van der Waals surface area (Å²) in [5, 5.41) is 10.6. The van der Waals surface area contributed by atoms with E-state index in [1.807, 2.05) is 59.5 Å². The zero-order chi connectivity index (χ0) is 23.5. The summed E-state index contributed by atoms with van der Waals surface area (Å²) in [4.78, 5) is 33.4. The topological polar surface area (TPSA) is 70.0 Å². The smallest absolute Gasteiger partial charge is 0.196 e. The molecule has 2 aliphatic heterocycles. The van der Waals surface area contributed by atoms with Crippen LogP contribution in [0.5, 0.6) is 5.75 Å². The Balaban J connectivity index is 1.67. The first kappa shape index (κ1) is 21.3. The molecule has 2 aliphatic rings. The SMILES string of the molecule is O=C(/C=C/c1ccccc1)C1=C(c2ccccc2O)N2CCN=C2C(C(=O)c2ccccc2)=C1. The third-order valence-electron chi connectivity index (χ3n) is 5.83. The van der Waals surface area contributed by atoms with Gasteiger partial charge in [0, 0.05) is 23.2 Å². The Morgan fingerprint density at radius 2 is 1.56 bits per heavy atom. The second-order valence-electron chi connectivity index (χ2n) is 8.00. The minimum absolute atomic E-state index is 0.0623. The van der Waals surface area contributed by atoms with E-state index in [0.29, 0.717) is 46.9 Å². The van der Waals surface area contributed by atoms with Gasteiger partial charge in [-0.2, -0.15) is 0 Å². The quantitative estimate of drug-likeness (QED) is 0.431. The summed E-state index contributed by atoms with van der Waals surface area (Å²) in [5.74, 6) is 0.134. The lowest BCUT2D eigenvalue weighted by atomic mass is 9.90. The maximum atomic E-state index is 13.5. The number of hydrogen-bond acceptors (Lipinski definition) is 5. The van der Waals surface area contributed by atoms with Crippen molar-refractivity contribution in [2.75, 3.05) is 13.1 Å². The van der Waals surface area contributed by atoms with E-state index in [-0.39, 0.29) is 17.3 Å². The van der Waals surface area contributed by atoms with Gasteiger partial charge in [-0.25, -0.2) is 0 Å². The molecule has 0 amide bonds. The Bertz CT molecular complexity index is 1380. The van der Waals surface area contributed by atoms with E-state index in [2.05, 4.69) is 4.99 Å². The van der Waals surface area contributed by atoms with Crippen LogP contribution in [0.25, 0.3) is 11.8 Å². The van der Waals surface area contributed by atoms with Crippen LogP contribution in [0.4, 0.5) is 0 Å². The van der Waals surface area contributed by atoms with Gasteiger partial charge in [0.15, 0.2) is 11.6 Å². The standard InChI is InChI=1S/C29H22N2O3/c32-25-14-8-7-13-22(25)27-23(26(33)16-15-20-9-3-1-4-10-20)19-24(29-30-17-18-31(27)29)28(34)21-11-5-2-6-12-21/h1-16,19,32H,17-18H2/b16-15+. The highest BCUT2D eigenvalue weighted by Gasteiger charge is 2.36. The number of hydrogen-bond donors (Lipinski definition) is 1. The lowest BCUT2D eigenvalue weighted by molar-refractivity contribution is -0.111. The van der Waals surface area contributed by atoms with Crippen LogP contribution in [0.2, 0.25) is 0 Å². The summed E-state index contributed by atoms with van der Waals surface area (Å²) in [5.41, 5.74) is 3.22. The molecule has 0 bridgehead atoms. The second kappa shape index (κ2) is 9.16. The first-order valence-electron chi connectivity index (χ1n) is 11.1. The summed E-state index contributed by atoms with van der Waals surface area (Å²) >= 11 is 0. The fourth-order valence-electron chi connectivity index (χ4n) is 4.21. The van der Waals surface area contributed by atoms with Crippen LogP contribution in [-0.4, -0.2) is 40.5 Å². The predicted octanol–water partition coefficient (Wildman–Crippen LogP) is 4.92. The molecular formula is C29H22N2O3. The van der Waals surface area contributed by atoms with Crippen molar-refractivity contribution in [3.8, 4) is 5.75 Å². The molecule has 2 heterocycles. The highest BCUT2D eigenvalue weighted by molar-refractivity contribution is 6.32. The number of allylic oxidation sites excluding steroid dienone is 3. The number of rotatable bonds is 6. The lowest BCUT2D eigenvalue weighted by Gasteiger charge is -2.30. The van der Waals surface area contributed by atoms with Crippen LogP contribution in [0.1, 0.15) is 21.5 Å². The fourth-order valence-corrected chi connectivity index (χ4v) is 4.21. The molecule has 3 aromatic rings. The first-order chi connectivity index (χ1) is 16.6. The van der Waals surface area contributed by atoms with Gasteiger partial charge in [-0.1, -0.05) is 78.9 Å². The van der Waals surface area contributed by atoms with Gasteiger partial charge in [0.25, 0.3) is 0 Å². The van der Waals surface area contributed by atoms with Crippen LogP contribution < -0.4 is 0 Å². The van der Waals surface area contributed by atoms with Gasteiger partial charge in [0.2, 0.25) is 0 Å². The summed E-state index contributed by atoms with van der Waals surface area (Å²) in [6.45, 7) is 1.00. The average Bonchev–Trinajstić information content (AvgIpc) is 3.37. The van der Waals surface area contributed by atoms with Gasteiger partial charge in [-0.15, -0.1) is 0 Å². The molecule has 0 aromatic heterocycles. The number of carbonyl (C=O) groups excluding carboxylic acids is 2. The van der Waals surface area contributed by atoms with E-state index >= 15 is 0 Å². The molecule has 0 saturated heterocycles. The van der Waals surface area contributed by atoms with Gasteiger partial charge in [0.05, 0.1) is 17.8 Å². The first-order valence-corrected chi connectivity index (χ1v) is 11.1. The van der Waals surface area contributed by atoms with Crippen molar-refractivity contribution in [3.05, 3.63) is 125 Å². The Hall–Kier alpha value is -4.51. The molecule has 1 N–H and O–H groups in total. The largest absolute Gasteiger partial charge is 0.507 e. The third kappa shape index (κ3) is 3.99. The van der Waals surface area contributed by atoms with E-state index in [4.69, 9.17) is 0 Å². The Morgan fingerprint density at radius 3 is 2.29 bits per heavy atom. The van der Waals surface area contributed by atoms with Crippen molar-refractivity contribution in [3.63, 3.8) is 0 Å². The Kier molecular flexibility index (Phi) is 5.75. The molecule has 5 rings (SSSR count). The predicted molar refractivity (Wildman–Crippen MR) is 133 cm³/mol. The molecule has 34 heavy (non-hydrogen) atoms. The molecule has 0 saturated carbocycles. The van der Waals surface area contributed by atoms with Gasteiger partial charge >= 0.3 is 0 Å². The number of Topliss-reactive ketones (excluding diaryl/α,β-unsaturated/α-hetero) is 1. The molecular weight excluding hydrogens is 424 g/mol. The van der Waals surface area contributed by atoms with Crippen LogP contribution in [-0.2, 0) is 4.79 Å². The van der Waals surface area contributed by atoms with Crippen molar-refractivity contribution in [1.29, 1.82) is 0 Å². The molecule has 3 aromatic carbocycles. The number of phenolic OH excluding ortho intramolecular Hbond substituents is 1. The number of amidine groups is 1.